The van der Waals surface area contributed by atoms with E-state index in [1.807, 2.05) is 0 Å². The lowest BCUT2D eigenvalue weighted by Crippen LogP contribution is -2.71. The summed E-state index contributed by atoms with van der Waals surface area (Å²) in [4.78, 5) is 76.3. The highest BCUT2D eigenvalue weighted by atomic mass is 32.2. The number of carbonyl (C=O) groups is 6. The molecule has 0 spiro atoms. The summed E-state index contributed by atoms with van der Waals surface area (Å²) >= 11 is 1.24. The normalized spacial score (nSPS) is 19.6. The van der Waals surface area contributed by atoms with Gasteiger partial charge in [0.2, 0.25) is 12.7 Å². The average molecular weight is 620 g/mol. The Bertz CT molecular complexity index is 1370. The van der Waals surface area contributed by atoms with Crippen molar-refractivity contribution in [2.75, 3.05) is 25.8 Å². The number of esters is 3. The molecule has 1 saturated heterocycles. The van der Waals surface area contributed by atoms with Gasteiger partial charge in [-0.3, -0.25) is 24.1 Å². The molecule has 0 aromatic heterocycles. The van der Waals surface area contributed by atoms with Gasteiger partial charge in [0, 0.05) is 31.6 Å². The molecule has 3 amide bonds. The number of alkyl carbamates (subject to hydrolysis) is 1. The summed E-state index contributed by atoms with van der Waals surface area (Å²) in [6, 6.07) is 2.86. The summed E-state index contributed by atoms with van der Waals surface area (Å²) in [7, 11) is 0. The highest BCUT2D eigenvalue weighted by Gasteiger charge is 2.55. The fourth-order valence-electron chi connectivity index (χ4n) is 4.55. The van der Waals surface area contributed by atoms with Crippen LogP contribution in [-0.4, -0.2) is 83.5 Å². The Morgan fingerprint density at radius 1 is 1.09 bits per heavy atom. The van der Waals surface area contributed by atoms with Crippen molar-refractivity contribution in [2.45, 2.75) is 64.1 Å². The molecule has 1 aromatic rings. The molecule has 15 heteroatoms. The van der Waals surface area contributed by atoms with E-state index in [1.54, 1.807) is 39.0 Å². The fraction of sp³-hybridized carbons (Fsp3) is 0.500. The second-order valence-corrected chi connectivity index (χ2v) is 12.0. The van der Waals surface area contributed by atoms with Gasteiger partial charge < -0.3 is 34.3 Å². The van der Waals surface area contributed by atoms with Crippen LogP contribution in [0.4, 0.5) is 4.79 Å². The van der Waals surface area contributed by atoms with Crippen molar-refractivity contribution in [2.24, 2.45) is 0 Å². The van der Waals surface area contributed by atoms with Crippen LogP contribution >= 0.6 is 11.8 Å². The fourth-order valence-corrected chi connectivity index (χ4v) is 5.88. The minimum absolute atomic E-state index is 0.158. The molecule has 14 nitrogen and oxygen atoms in total. The maximum atomic E-state index is 13.6. The van der Waals surface area contributed by atoms with Crippen molar-refractivity contribution in [3.05, 3.63) is 40.6 Å². The Morgan fingerprint density at radius 2 is 1.81 bits per heavy atom. The lowest BCUT2D eigenvalue weighted by Gasteiger charge is -2.49. The number of nitrogens with one attached hydrogen (secondary N) is 2. The SMILES string of the molecule is CC(=O)OCOC(=O)C1=C(COC(C)=O)CSC2C(NC(=O)C(NC(=O)OC(C)(C)C)c3ccc4c(c3)CCO4)C(=O)N12. The summed E-state index contributed by atoms with van der Waals surface area (Å²) in [6.45, 7) is 6.96. The summed E-state index contributed by atoms with van der Waals surface area (Å²) in [5.74, 6) is -2.65. The first kappa shape index (κ1) is 31.7. The first-order valence-corrected chi connectivity index (χ1v) is 14.5. The summed E-state index contributed by atoms with van der Waals surface area (Å²) in [5, 5.41) is 4.59. The van der Waals surface area contributed by atoms with Crippen LogP contribution in [0.3, 0.4) is 0 Å². The third kappa shape index (κ3) is 7.58. The smallest absolute Gasteiger partial charge is 0.408 e. The number of fused-ring (bicyclic) bond motifs is 2. The van der Waals surface area contributed by atoms with Crippen LogP contribution in [0.1, 0.15) is 51.8 Å². The van der Waals surface area contributed by atoms with Gasteiger partial charge in [-0.05, 0) is 44.0 Å². The third-order valence-electron chi connectivity index (χ3n) is 6.41. The van der Waals surface area contributed by atoms with Crippen molar-refractivity contribution < 1.29 is 52.5 Å². The van der Waals surface area contributed by atoms with E-state index in [-0.39, 0.29) is 18.1 Å². The molecular weight excluding hydrogens is 586 g/mol. The number of rotatable bonds is 9. The van der Waals surface area contributed by atoms with Crippen molar-refractivity contribution in [3.8, 4) is 5.75 Å². The molecule has 3 aliphatic rings. The molecule has 43 heavy (non-hydrogen) atoms. The van der Waals surface area contributed by atoms with E-state index in [9.17, 15) is 28.8 Å². The van der Waals surface area contributed by atoms with Crippen molar-refractivity contribution in [1.29, 1.82) is 0 Å². The third-order valence-corrected chi connectivity index (χ3v) is 7.75. The van der Waals surface area contributed by atoms with Crippen LogP contribution in [-0.2, 0) is 49.3 Å². The predicted octanol–water partition coefficient (Wildman–Crippen LogP) is 1.47. The minimum atomic E-state index is -1.21. The second-order valence-electron chi connectivity index (χ2n) is 10.9. The van der Waals surface area contributed by atoms with Crippen LogP contribution in [0.15, 0.2) is 29.5 Å². The minimum Gasteiger partial charge on any atom is -0.493 e. The number of benzene rings is 1. The zero-order chi connectivity index (χ0) is 31.5. The van der Waals surface area contributed by atoms with E-state index < -0.39 is 65.7 Å². The van der Waals surface area contributed by atoms with Gasteiger partial charge in [0.1, 0.15) is 41.1 Å². The topological polar surface area (TPSA) is 176 Å². The molecule has 3 atom stereocenters. The van der Waals surface area contributed by atoms with E-state index in [0.29, 0.717) is 29.9 Å². The van der Waals surface area contributed by atoms with Crippen molar-refractivity contribution in [3.63, 3.8) is 0 Å². The lowest BCUT2D eigenvalue weighted by molar-refractivity contribution is -0.167. The number of amides is 3. The van der Waals surface area contributed by atoms with E-state index in [1.165, 1.54) is 18.7 Å². The van der Waals surface area contributed by atoms with Gasteiger partial charge in [0.05, 0.1) is 6.61 Å². The molecule has 3 heterocycles. The highest BCUT2D eigenvalue weighted by molar-refractivity contribution is 8.00. The predicted molar refractivity (Wildman–Crippen MR) is 149 cm³/mol. The zero-order valence-corrected chi connectivity index (χ0v) is 25.2. The molecule has 0 radical (unpaired) electrons. The molecular formula is C28H33N3O11S. The standard InChI is InChI=1S/C28H33N3O11S/c1-14(32)39-11-18-12-43-25-21(24(35)31(25)22(18)26(36)41-13-40-15(2)33)29-23(34)20(30-27(37)42-28(3,4)5)17-6-7-19-16(10-17)8-9-38-19/h6-7,10,20-21,25H,8-9,11-13H2,1-5H3,(H,29,34)(H,30,37). The Kier molecular flexibility index (Phi) is 9.52. The molecule has 232 valence electrons. The molecule has 0 saturated carbocycles. The van der Waals surface area contributed by atoms with Gasteiger partial charge in [0.25, 0.3) is 5.91 Å². The van der Waals surface area contributed by atoms with Crippen molar-refractivity contribution in [1.82, 2.24) is 15.5 Å². The monoisotopic (exact) mass is 619 g/mol. The highest BCUT2D eigenvalue weighted by Crippen LogP contribution is 2.41. The maximum absolute atomic E-state index is 13.6. The number of nitrogens with zero attached hydrogens (tertiary/aromatic N) is 1. The van der Waals surface area contributed by atoms with Crippen LogP contribution in [0.5, 0.6) is 5.75 Å². The van der Waals surface area contributed by atoms with Gasteiger partial charge >= 0.3 is 24.0 Å². The molecule has 2 N–H and O–H groups in total. The molecule has 1 aromatic carbocycles. The number of thioether (sulfide) groups is 1. The first-order valence-electron chi connectivity index (χ1n) is 13.4. The van der Waals surface area contributed by atoms with Crippen LogP contribution in [0.25, 0.3) is 0 Å². The quantitative estimate of drug-likeness (QED) is 0.176. The number of β-lactam (4-membered cyclic amide) rings is 1. The van der Waals surface area contributed by atoms with E-state index in [0.717, 1.165) is 17.4 Å². The Labute approximate surface area is 251 Å². The molecule has 0 aliphatic carbocycles. The second kappa shape index (κ2) is 12.9. The average Bonchev–Trinajstić information content (AvgIpc) is 3.39. The first-order chi connectivity index (χ1) is 20.2. The number of hydrogen-bond acceptors (Lipinski definition) is 12. The van der Waals surface area contributed by atoms with E-state index >= 15 is 0 Å². The summed E-state index contributed by atoms with van der Waals surface area (Å²) in [5.41, 5.74) is 0.668. The number of ether oxygens (including phenoxy) is 5. The Balaban J connectivity index is 1.54. The van der Waals surface area contributed by atoms with Crippen LogP contribution in [0.2, 0.25) is 0 Å². The van der Waals surface area contributed by atoms with E-state index in [4.69, 9.17) is 18.9 Å². The molecule has 4 rings (SSSR count). The van der Waals surface area contributed by atoms with Crippen LogP contribution < -0.4 is 15.4 Å². The van der Waals surface area contributed by atoms with Gasteiger partial charge in [-0.25, -0.2) is 9.59 Å². The zero-order valence-electron chi connectivity index (χ0n) is 24.3. The van der Waals surface area contributed by atoms with Gasteiger partial charge in [-0.15, -0.1) is 11.8 Å². The lowest BCUT2D eigenvalue weighted by atomic mass is 9.99. The summed E-state index contributed by atoms with van der Waals surface area (Å²) < 4.78 is 25.7. The Hall–Kier alpha value is -4.27. The number of carbonyl (C=O) groups excluding carboxylic acids is 6. The summed E-state index contributed by atoms with van der Waals surface area (Å²) in [6.07, 6.45) is -0.189. The largest absolute Gasteiger partial charge is 0.493 e. The Morgan fingerprint density at radius 3 is 2.49 bits per heavy atom. The van der Waals surface area contributed by atoms with Gasteiger partial charge in [-0.2, -0.15) is 0 Å². The molecule has 3 aliphatic heterocycles. The van der Waals surface area contributed by atoms with Crippen LogP contribution in [0, 0.1) is 0 Å². The molecule has 3 unspecified atom stereocenters. The van der Waals surface area contributed by atoms with Crippen molar-refractivity contribution >= 4 is 47.6 Å². The number of hydrogen-bond donors (Lipinski definition) is 2. The van der Waals surface area contributed by atoms with E-state index in [2.05, 4.69) is 15.4 Å². The molecule has 1 fully saturated rings. The molecule has 0 bridgehead atoms. The van der Waals surface area contributed by atoms with Gasteiger partial charge in [0.15, 0.2) is 0 Å². The van der Waals surface area contributed by atoms with Gasteiger partial charge in [-0.1, -0.05) is 6.07 Å². The maximum Gasteiger partial charge on any atom is 0.408 e.